The zero-order valence-electron chi connectivity index (χ0n) is 12.7. The summed E-state index contributed by atoms with van der Waals surface area (Å²) >= 11 is 0. The van der Waals surface area contributed by atoms with Crippen molar-refractivity contribution in [2.75, 3.05) is 5.32 Å². The number of tetrazole rings is 1. The first-order chi connectivity index (χ1) is 11.2. The van der Waals surface area contributed by atoms with Crippen molar-refractivity contribution >= 4 is 11.6 Å². The molecule has 6 heteroatoms. The summed E-state index contributed by atoms with van der Waals surface area (Å²) in [5, 5.41) is 16.9. The van der Waals surface area contributed by atoms with E-state index in [0.29, 0.717) is 12.2 Å². The molecule has 0 spiro atoms. The molecule has 1 heterocycles. The Labute approximate surface area is 133 Å². The number of aromatic nitrogens is 4. The lowest BCUT2D eigenvalue weighted by molar-refractivity contribution is -0.117. The van der Waals surface area contributed by atoms with Crippen LogP contribution in [0.15, 0.2) is 54.6 Å². The maximum absolute atomic E-state index is 12.7. The van der Waals surface area contributed by atoms with Crippen molar-refractivity contribution in [2.45, 2.75) is 19.3 Å². The van der Waals surface area contributed by atoms with Crippen molar-refractivity contribution in [1.82, 2.24) is 20.6 Å². The number of aromatic amines is 1. The smallest absolute Gasteiger partial charge is 0.235 e. The fraction of sp³-hybridized carbons (Fsp3) is 0.176. The molecule has 0 radical (unpaired) electrons. The quantitative estimate of drug-likeness (QED) is 0.758. The van der Waals surface area contributed by atoms with E-state index in [0.717, 1.165) is 16.8 Å². The molecular weight excluding hydrogens is 290 g/mol. The van der Waals surface area contributed by atoms with Gasteiger partial charge in [0.25, 0.3) is 0 Å². The summed E-state index contributed by atoms with van der Waals surface area (Å²) in [5.41, 5.74) is 2.95. The molecule has 0 aliphatic rings. The van der Waals surface area contributed by atoms with Crippen LogP contribution in [0.5, 0.6) is 0 Å². The monoisotopic (exact) mass is 307 g/mol. The summed E-state index contributed by atoms with van der Waals surface area (Å²) in [6.07, 6.45) is 0.514. The molecule has 6 nitrogen and oxygen atoms in total. The van der Waals surface area contributed by atoms with Gasteiger partial charge in [-0.25, -0.2) is 0 Å². The fourth-order valence-corrected chi connectivity index (χ4v) is 2.44. The van der Waals surface area contributed by atoms with Gasteiger partial charge in [0.15, 0.2) is 5.82 Å². The maximum Gasteiger partial charge on any atom is 0.235 e. The minimum atomic E-state index is -0.504. The van der Waals surface area contributed by atoms with Crippen LogP contribution in [0.4, 0.5) is 5.69 Å². The third kappa shape index (κ3) is 3.79. The molecular formula is C17H17N5O. The van der Waals surface area contributed by atoms with Gasteiger partial charge in [0.2, 0.25) is 5.91 Å². The van der Waals surface area contributed by atoms with E-state index in [9.17, 15) is 4.79 Å². The lowest BCUT2D eigenvalue weighted by Crippen LogP contribution is -2.24. The number of hydrogen-bond acceptors (Lipinski definition) is 4. The second-order valence-electron chi connectivity index (χ2n) is 5.37. The summed E-state index contributed by atoms with van der Waals surface area (Å²) < 4.78 is 0. The number of rotatable bonds is 5. The number of hydrogen-bond donors (Lipinski definition) is 2. The molecule has 0 bridgehead atoms. The van der Waals surface area contributed by atoms with Crippen LogP contribution >= 0.6 is 0 Å². The van der Waals surface area contributed by atoms with Crippen LogP contribution in [-0.2, 0) is 11.2 Å². The molecule has 0 aliphatic heterocycles. The number of para-hydroxylation sites is 1. The van der Waals surface area contributed by atoms with Crippen LogP contribution in [0.2, 0.25) is 0 Å². The molecule has 3 rings (SSSR count). The minimum absolute atomic E-state index is 0.154. The Morgan fingerprint density at radius 3 is 2.70 bits per heavy atom. The van der Waals surface area contributed by atoms with Crippen molar-refractivity contribution in [3.63, 3.8) is 0 Å². The van der Waals surface area contributed by atoms with Crippen LogP contribution < -0.4 is 5.32 Å². The SMILES string of the molecule is Cc1cccc(C[C@@H](C(=O)Nc2ccccc2)c2nn[nH]n2)c1. The van der Waals surface area contributed by atoms with Crippen molar-refractivity contribution < 1.29 is 4.79 Å². The molecule has 0 unspecified atom stereocenters. The van der Waals surface area contributed by atoms with E-state index < -0.39 is 5.92 Å². The predicted molar refractivity (Wildman–Crippen MR) is 86.9 cm³/mol. The van der Waals surface area contributed by atoms with Gasteiger partial charge in [0, 0.05) is 5.69 Å². The molecule has 2 aromatic carbocycles. The first kappa shape index (κ1) is 14.9. The Morgan fingerprint density at radius 1 is 1.17 bits per heavy atom. The number of nitrogens with one attached hydrogen (secondary N) is 2. The maximum atomic E-state index is 12.7. The van der Waals surface area contributed by atoms with Crippen LogP contribution in [0.3, 0.4) is 0 Å². The van der Waals surface area contributed by atoms with Gasteiger partial charge < -0.3 is 5.32 Å². The lowest BCUT2D eigenvalue weighted by atomic mass is 9.96. The number of benzene rings is 2. The van der Waals surface area contributed by atoms with E-state index in [4.69, 9.17) is 0 Å². The van der Waals surface area contributed by atoms with E-state index in [-0.39, 0.29) is 5.91 Å². The standard InChI is InChI=1S/C17H17N5O/c1-12-6-5-7-13(10-12)11-15(16-19-21-22-20-16)17(23)18-14-8-3-2-4-9-14/h2-10,15H,11H2,1H3,(H,18,23)(H,19,20,21,22)/t15-/m1/s1. The van der Waals surface area contributed by atoms with Crippen molar-refractivity contribution in [2.24, 2.45) is 0 Å². The normalized spacial score (nSPS) is 11.9. The molecule has 0 aliphatic carbocycles. The van der Waals surface area contributed by atoms with Gasteiger partial charge in [-0.05, 0) is 31.0 Å². The highest BCUT2D eigenvalue weighted by atomic mass is 16.1. The Hall–Kier alpha value is -3.02. The highest BCUT2D eigenvalue weighted by molar-refractivity contribution is 5.95. The van der Waals surface area contributed by atoms with Gasteiger partial charge in [-0.3, -0.25) is 4.79 Å². The van der Waals surface area contributed by atoms with Gasteiger partial charge in [0.05, 0.1) is 0 Å². The van der Waals surface area contributed by atoms with E-state index in [1.807, 2.05) is 55.5 Å². The summed E-state index contributed by atoms with van der Waals surface area (Å²) in [6, 6.07) is 17.4. The number of H-pyrrole nitrogens is 1. The number of nitrogens with zero attached hydrogens (tertiary/aromatic N) is 3. The Kier molecular flexibility index (Phi) is 4.42. The average molecular weight is 307 g/mol. The zero-order chi connectivity index (χ0) is 16.1. The number of carbonyl (C=O) groups excluding carboxylic acids is 1. The van der Waals surface area contributed by atoms with E-state index >= 15 is 0 Å². The summed E-state index contributed by atoms with van der Waals surface area (Å²) in [7, 11) is 0. The topological polar surface area (TPSA) is 83.6 Å². The van der Waals surface area contributed by atoms with E-state index in [2.05, 4.69) is 32.0 Å². The highest BCUT2D eigenvalue weighted by Gasteiger charge is 2.25. The number of carbonyl (C=O) groups is 1. The molecule has 0 saturated carbocycles. The molecule has 116 valence electrons. The third-order valence-corrected chi connectivity index (χ3v) is 3.55. The van der Waals surface area contributed by atoms with Gasteiger partial charge in [-0.15, -0.1) is 10.2 Å². The summed E-state index contributed by atoms with van der Waals surface area (Å²) in [4.78, 5) is 12.7. The van der Waals surface area contributed by atoms with Crippen molar-refractivity contribution in [3.8, 4) is 0 Å². The Morgan fingerprint density at radius 2 is 2.00 bits per heavy atom. The summed E-state index contributed by atoms with van der Waals surface area (Å²) in [6.45, 7) is 2.02. The molecule has 1 aromatic heterocycles. The van der Waals surface area contributed by atoms with Crippen LogP contribution in [0.1, 0.15) is 22.9 Å². The van der Waals surface area contributed by atoms with Gasteiger partial charge in [-0.2, -0.15) is 5.21 Å². The number of aryl methyl sites for hydroxylation is 1. The highest BCUT2D eigenvalue weighted by Crippen LogP contribution is 2.20. The second-order valence-corrected chi connectivity index (χ2v) is 5.37. The zero-order valence-corrected chi connectivity index (χ0v) is 12.7. The Bertz CT molecular complexity index is 771. The first-order valence-corrected chi connectivity index (χ1v) is 7.37. The van der Waals surface area contributed by atoms with Crippen molar-refractivity contribution in [1.29, 1.82) is 0 Å². The fourth-order valence-electron chi connectivity index (χ4n) is 2.44. The second kappa shape index (κ2) is 6.83. The van der Waals surface area contributed by atoms with E-state index in [1.54, 1.807) is 0 Å². The first-order valence-electron chi connectivity index (χ1n) is 7.37. The Balaban J connectivity index is 1.82. The van der Waals surface area contributed by atoms with Gasteiger partial charge in [-0.1, -0.05) is 53.2 Å². The molecule has 0 saturated heterocycles. The predicted octanol–water partition coefficient (Wildman–Crippen LogP) is 2.47. The number of amides is 1. The van der Waals surface area contributed by atoms with Crippen LogP contribution in [-0.4, -0.2) is 26.5 Å². The van der Waals surface area contributed by atoms with Crippen LogP contribution in [0.25, 0.3) is 0 Å². The molecule has 1 atom stereocenters. The number of anilines is 1. The molecule has 1 amide bonds. The minimum Gasteiger partial charge on any atom is -0.325 e. The molecule has 3 aromatic rings. The molecule has 23 heavy (non-hydrogen) atoms. The van der Waals surface area contributed by atoms with Gasteiger partial charge >= 0.3 is 0 Å². The van der Waals surface area contributed by atoms with E-state index in [1.165, 1.54) is 0 Å². The molecule has 2 N–H and O–H groups in total. The van der Waals surface area contributed by atoms with Gasteiger partial charge in [0.1, 0.15) is 5.92 Å². The molecule has 0 fully saturated rings. The largest absolute Gasteiger partial charge is 0.325 e. The summed E-state index contributed by atoms with van der Waals surface area (Å²) in [5.74, 6) is -0.269. The van der Waals surface area contributed by atoms with Crippen molar-refractivity contribution in [3.05, 3.63) is 71.5 Å². The lowest BCUT2D eigenvalue weighted by Gasteiger charge is -2.14. The van der Waals surface area contributed by atoms with Crippen LogP contribution in [0, 0.1) is 6.92 Å². The average Bonchev–Trinajstić information content (AvgIpc) is 3.07. The third-order valence-electron chi connectivity index (χ3n) is 3.55.